The smallest absolute Gasteiger partial charge is 0.167 e. The molecule has 4 heterocycles. The van der Waals surface area contributed by atoms with Crippen molar-refractivity contribution in [3.8, 4) is 234 Å². The largest absolute Gasteiger partial charge is 0.508 e. The highest BCUT2D eigenvalue weighted by molar-refractivity contribution is 5.79. The molecule has 0 spiro atoms. The van der Waals surface area contributed by atoms with Crippen molar-refractivity contribution in [3.63, 3.8) is 0 Å². The number of phenolic OH excluding ortho intramolecular Hbond substituents is 16. The first-order valence-corrected chi connectivity index (χ1v) is 42.9. The van der Waals surface area contributed by atoms with Gasteiger partial charge in [0.15, 0.2) is 69.9 Å². The maximum absolute atomic E-state index is 10.8. The fraction of sp³-hybridized carbons (Fsp3) is 0.192. The minimum absolute atomic E-state index is 0.0103. The molecule has 0 bridgehead atoms. The average Bonchev–Trinajstić information content (AvgIpc) is 0.752. The number of hydrogen-bond acceptors (Lipinski definition) is 29. The molecule has 16 aromatic rings. The van der Waals surface area contributed by atoms with E-state index in [-0.39, 0.29) is 155 Å². The van der Waals surface area contributed by atoms with Crippen LogP contribution >= 0.6 is 0 Å². The Hall–Kier alpha value is -16.7. The molecule has 0 fully saturated rings. The summed E-state index contributed by atoms with van der Waals surface area (Å²) >= 11 is 0. The van der Waals surface area contributed by atoms with E-state index < -0.39 is 0 Å². The zero-order valence-electron chi connectivity index (χ0n) is 74.4. The molecule has 0 radical (unpaired) electrons. The minimum atomic E-state index is -0.204. The van der Waals surface area contributed by atoms with E-state index in [0.29, 0.717) is 86.2 Å². The summed E-state index contributed by atoms with van der Waals surface area (Å²) in [5.74, 6) is 1.73. The van der Waals surface area contributed by atoms with E-state index in [1.54, 1.807) is 19.2 Å². The number of aromatic nitrogens is 12. The summed E-state index contributed by atoms with van der Waals surface area (Å²) in [7, 11) is 1.61. The lowest BCUT2D eigenvalue weighted by molar-refractivity contribution is 0.408. The Bertz CT molecular complexity index is 6590. The maximum atomic E-state index is 10.8. The maximum Gasteiger partial charge on any atom is 0.167 e. The molecule has 0 aliphatic rings. The van der Waals surface area contributed by atoms with Crippen LogP contribution in [0.25, 0.3) is 137 Å². The first-order valence-electron chi connectivity index (χ1n) is 42.9. The van der Waals surface area contributed by atoms with Gasteiger partial charge in [-0.25, -0.2) is 59.8 Å². The monoisotopic (exact) mass is 1790 g/mol. The standard InChI is InChI=1S/C33H39N3O4.C25H23N3O4.C24H21N3O5.C22H17N3O4/c1-3-5-7-10-16-23-18-25(29(39)20-27(23)37)32-34-31(22-14-12-9-13-15-22)35-33(36-32)26-19-24(17-11-8-6-4-2)28(38)21-30(26)40;1-25(2,3)15-6-4-14(5-7-15)22-26-23(18-10-8-16(29)12-20(18)31)28-24(27-22)19-11-9-17(30)13-21(19)32;1-12-8-14(9-13(2)21(12)32-3)22-25-23(17-6-4-15(28)10-19(17)30)27-24(26-22)18-7-5-16(29)11-20(18)31;1-12-2-4-13(5-3-12)20-23-21(16-8-6-14(26)10-18(16)28)25-22(24-20)17-9-7-15(27)11-19(17)29/h9,12-15,18-21,37-40H,3-8,10-11,16-17H2,1-2H3;4-13,29-32H,1-3H3;4-11,28-31H,1-3H3;2-11,26-29H,1H3. The molecule has 4 aromatic heterocycles. The normalized spacial score (nSPS) is 11.1. The molecule has 0 saturated carbocycles. The van der Waals surface area contributed by atoms with Crippen molar-refractivity contribution in [2.24, 2.45) is 0 Å². The lowest BCUT2D eigenvalue weighted by atomic mass is 9.87. The van der Waals surface area contributed by atoms with Crippen LogP contribution in [0.15, 0.2) is 224 Å². The van der Waals surface area contributed by atoms with Crippen LogP contribution in [0.4, 0.5) is 0 Å². The van der Waals surface area contributed by atoms with Crippen LogP contribution in [0.3, 0.4) is 0 Å². The van der Waals surface area contributed by atoms with Crippen molar-refractivity contribution in [1.82, 2.24) is 59.8 Å². The number of nitrogens with zero attached hydrogens (tertiary/aromatic N) is 12. The molecular formula is C104H100N12O17. The number of phenols is 16. The molecule has 0 unspecified atom stereocenters. The highest BCUT2D eigenvalue weighted by Crippen LogP contribution is 2.44. The molecule has 29 heteroatoms. The zero-order chi connectivity index (χ0) is 95.1. The van der Waals surface area contributed by atoms with Crippen LogP contribution in [0.5, 0.6) is 97.7 Å². The summed E-state index contributed by atoms with van der Waals surface area (Å²) in [6, 6.07) is 59.5. The second kappa shape index (κ2) is 41.6. The Balaban J connectivity index is 0.000000152. The van der Waals surface area contributed by atoms with Crippen LogP contribution in [-0.2, 0) is 18.3 Å². The Morgan fingerprint density at radius 1 is 0.241 bits per heavy atom. The topological polar surface area (TPSA) is 488 Å². The number of methoxy groups -OCH3 is 1. The highest BCUT2D eigenvalue weighted by Gasteiger charge is 2.26. The van der Waals surface area contributed by atoms with Gasteiger partial charge in [0, 0.05) is 70.8 Å². The first kappa shape index (κ1) is 93.9. The van der Waals surface area contributed by atoms with Crippen LogP contribution in [0, 0.1) is 20.8 Å². The van der Waals surface area contributed by atoms with Crippen molar-refractivity contribution in [2.45, 2.75) is 125 Å². The van der Waals surface area contributed by atoms with E-state index >= 15 is 0 Å². The molecule has 29 nitrogen and oxygen atoms in total. The second-order valence-corrected chi connectivity index (χ2v) is 32.8. The van der Waals surface area contributed by atoms with Crippen LogP contribution in [0.1, 0.15) is 119 Å². The van der Waals surface area contributed by atoms with E-state index in [9.17, 15) is 81.7 Å². The van der Waals surface area contributed by atoms with Gasteiger partial charge in [-0.1, -0.05) is 158 Å². The molecule has 0 amide bonds. The van der Waals surface area contributed by atoms with Gasteiger partial charge in [-0.15, -0.1) is 0 Å². The molecule has 0 saturated heterocycles. The Morgan fingerprint density at radius 3 is 0.767 bits per heavy atom. The van der Waals surface area contributed by atoms with Crippen molar-refractivity contribution in [1.29, 1.82) is 0 Å². The van der Waals surface area contributed by atoms with Crippen LogP contribution < -0.4 is 4.74 Å². The van der Waals surface area contributed by atoms with Gasteiger partial charge in [-0.05, 0) is 177 Å². The number of benzene rings is 12. The molecule has 0 atom stereocenters. The molecule has 16 N–H and O–H groups in total. The number of unbranched alkanes of at least 4 members (excludes halogenated alkanes) is 6. The zero-order valence-corrected chi connectivity index (χ0v) is 74.4. The summed E-state index contributed by atoms with van der Waals surface area (Å²) in [6.07, 6.45) is 9.78. The summed E-state index contributed by atoms with van der Waals surface area (Å²) in [4.78, 5) is 54.4. The predicted molar refractivity (Wildman–Crippen MR) is 506 cm³/mol. The third kappa shape index (κ3) is 23.1. The molecular weight excluding hydrogens is 1690 g/mol. The number of rotatable bonds is 23. The summed E-state index contributed by atoms with van der Waals surface area (Å²) < 4.78 is 5.44. The fourth-order valence-corrected chi connectivity index (χ4v) is 14.5. The quantitative estimate of drug-likeness (QED) is 0.0264. The Morgan fingerprint density at radius 2 is 0.496 bits per heavy atom. The summed E-state index contributed by atoms with van der Waals surface area (Å²) in [6.45, 7) is 16.5. The number of ether oxygens (including phenoxy) is 1. The van der Waals surface area contributed by atoms with Gasteiger partial charge in [0.25, 0.3) is 0 Å². The average molecular weight is 1790 g/mol. The highest BCUT2D eigenvalue weighted by atomic mass is 16.5. The van der Waals surface area contributed by atoms with Crippen LogP contribution in [-0.4, -0.2) is 149 Å². The molecule has 0 aliphatic heterocycles. The first-order chi connectivity index (χ1) is 63.7. The van der Waals surface area contributed by atoms with Crippen molar-refractivity contribution in [3.05, 3.63) is 258 Å². The van der Waals surface area contributed by atoms with E-state index in [2.05, 4.69) is 94.4 Å². The third-order valence-corrected chi connectivity index (χ3v) is 21.6. The molecule has 0 aliphatic carbocycles. The van der Waals surface area contributed by atoms with Gasteiger partial charge in [-0.2, -0.15) is 0 Å². The summed E-state index contributed by atoms with van der Waals surface area (Å²) in [5.41, 5.74) is 10.9. The van der Waals surface area contributed by atoms with Gasteiger partial charge in [-0.3, -0.25) is 0 Å². The van der Waals surface area contributed by atoms with Gasteiger partial charge < -0.3 is 86.4 Å². The number of hydrogen-bond donors (Lipinski definition) is 16. The van der Waals surface area contributed by atoms with Gasteiger partial charge in [0.2, 0.25) is 0 Å². The summed E-state index contributed by atoms with van der Waals surface area (Å²) in [5, 5.41) is 162. The Labute approximate surface area is 766 Å². The minimum Gasteiger partial charge on any atom is -0.508 e. The van der Waals surface area contributed by atoms with E-state index in [4.69, 9.17) is 4.74 Å². The second-order valence-electron chi connectivity index (χ2n) is 32.8. The van der Waals surface area contributed by atoms with Crippen molar-refractivity contribution < 1.29 is 86.4 Å². The molecule has 12 aromatic carbocycles. The van der Waals surface area contributed by atoms with E-state index in [1.165, 1.54) is 121 Å². The molecule has 133 heavy (non-hydrogen) atoms. The van der Waals surface area contributed by atoms with Gasteiger partial charge in [0.1, 0.15) is 97.7 Å². The van der Waals surface area contributed by atoms with Crippen molar-refractivity contribution >= 4 is 0 Å². The molecule has 678 valence electrons. The fourth-order valence-electron chi connectivity index (χ4n) is 14.5. The SMILES string of the molecule is CC(C)(C)c1ccc(-c2nc(-c3ccc(O)cc3O)nc(-c3ccc(O)cc3O)n2)cc1.CCCCCCc1cc(-c2nc(-c3ccccc3)nc(-c3cc(CCCCCC)c(O)cc3O)n2)c(O)cc1O.COc1c(C)cc(-c2nc(-c3ccc(O)cc3O)nc(-c3ccc(O)cc3O)n2)cc1C.Cc1ccc(-c2nc(-c3ccc(O)cc3O)nc(-c3ccc(O)cc3O)n2)cc1. The van der Waals surface area contributed by atoms with Crippen molar-refractivity contribution in [2.75, 3.05) is 7.11 Å². The Kier molecular flexibility index (Phi) is 29.4. The van der Waals surface area contributed by atoms with E-state index in [0.717, 1.165) is 96.1 Å². The predicted octanol–water partition coefficient (Wildman–Crippen LogP) is 21.3. The van der Waals surface area contributed by atoms with Gasteiger partial charge >= 0.3 is 0 Å². The lowest BCUT2D eigenvalue weighted by Gasteiger charge is -2.19. The number of aromatic hydroxyl groups is 16. The third-order valence-electron chi connectivity index (χ3n) is 21.6. The van der Waals surface area contributed by atoms with E-state index in [1.807, 2.05) is 112 Å². The molecule has 16 rings (SSSR count). The lowest BCUT2D eigenvalue weighted by Crippen LogP contribution is -2.10. The number of aryl methyl sites for hydroxylation is 5. The van der Waals surface area contributed by atoms with Gasteiger partial charge in [0.05, 0.1) is 51.6 Å². The van der Waals surface area contributed by atoms with Crippen LogP contribution in [0.2, 0.25) is 0 Å².